The lowest BCUT2D eigenvalue weighted by molar-refractivity contribution is -0.150. The third kappa shape index (κ3) is 3.23. The van der Waals surface area contributed by atoms with Gasteiger partial charge in [0.05, 0.1) is 32.3 Å². The zero-order valence-electron chi connectivity index (χ0n) is 15.3. The van der Waals surface area contributed by atoms with Crippen LogP contribution < -0.4 is 14.2 Å². The normalized spacial score (nSPS) is 19.8. The van der Waals surface area contributed by atoms with E-state index in [4.69, 9.17) is 14.2 Å². The fourth-order valence-electron chi connectivity index (χ4n) is 3.27. The van der Waals surface area contributed by atoms with Crippen LogP contribution in [0.4, 0.5) is 0 Å². The number of carboxylic acids is 1. The van der Waals surface area contributed by atoms with Crippen molar-refractivity contribution in [1.82, 2.24) is 4.90 Å². The number of hydrogen-bond acceptors (Lipinski definition) is 5. The standard InChI is InChI=1S/C18H25NO6/c1-11(2)18(17(21)22)6-7-19(10-18)16(20)12-8-14(24-4)15(25-5)9-13(12)23-3/h8-9,11H,6-7,10H2,1-5H3,(H,21,22). The highest BCUT2D eigenvalue weighted by Gasteiger charge is 2.48. The Hall–Kier alpha value is -2.44. The highest BCUT2D eigenvalue weighted by atomic mass is 16.5. The van der Waals surface area contributed by atoms with Gasteiger partial charge >= 0.3 is 5.97 Å². The maximum absolute atomic E-state index is 13.0. The van der Waals surface area contributed by atoms with E-state index in [0.29, 0.717) is 35.8 Å². The molecule has 1 unspecified atom stereocenters. The Balaban J connectivity index is 2.37. The van der Waals surface area contributed by atoms with Gasteiger partial charge in [-0.3, -0.25) is 9.59 Å². The third-order valence-corrected chi connectivity index (χ3v) is 5.06. The monoisotopic (exact) mass is 351 g/mol. The summed E-state index contributed by atoms with van der Waals surface area (Å²) in [7, 11) is 4.46. The quantitative estimate of drug-likeness (QED) is 0.846. The molecule has 1 atom stereocenters. The van der Waals surface area contributed by atoms with Gasteiger partial charge in [0.15, 0.2) is 11.5 Å². The van der Waals surface area contributed by atoms with Gasteiger partial charge < -0.3 is 24.2 Å². The molecule has 0 radical (unpaired) electrons. The summed E-state index contributed by atoms with van der Waals surface area (Å²) in [6, 6.07) is 3.16. The number of aliphatic carboxylic acids is 1. The van der Waals surface area contributed by atoms with Crippen molar-refractivity contribution in [3.63, 3.8) is 0 Å². The van der Waals surface area contributed by atoms with Crippen molar-refractivity contribution in [2.75, 3.05) is 34.4 Å². The fraction of sp³-hybridized carbons (Fsp3) is 0.556. The maximum Gasteiger partial charge on any atom is 0.311 e. The minimum absolute atomic E-state index is 0.0740. The molecular weight excluding hydrogens is 326 g/mol. The van der Waals surface area contributed by atoms with Crippen LogP contribution in [-0.2, 0) is 4.79 Å². The molecule has 1 heterocycles. The van der Waals surface area contributed by atoms with Gasteiger partial charge in [-0.05, 0) is 12.3 Å². The molecule has 1 fully saturated rings. The summed E-state index contributed by atoms with van der Waals surface area (Å²) in [5.74, 6) is 0.0207. The first kappa shape index (κ1) is 18.9. The van der Waals surface area contributed by atoms with Crippen LogP contribution in [0.3, 0.4) is 0 Å². The minimum atomic E-state index is -0.917. The highest BCUT2D eigenvalue weighted by Crippen LogP contribution is 2.40. The molecule has 0 aromatic heterocycles. The Morgan fingerprint density at radius 3 is 2.08 bits per heavy atom. The molecule has 7 nitrogen and oxygen atoms in total. The molecule has 1 saturated heterocycles. The number of nitrogens with zero attached hydrogens (tertiary/aromatic N) is 1. The number of likely N-dealkylation sites (tertiary alicyclic amines) is 1. The average molecular weight is 351 g/mol. The molecule has 138 valence electrons. The first-order valence-corrected chi connectivity index (χ1v) is 8.13. The van der Waals surface area contributed by atoms with Gasteiger partial charge in [-0.25, -0.2) is 0 Å². The Morgan fingerprint density at radius 1 is 1.08 bits per heavy atom. The summed E-state index contributed by atoms with van der Waals surface area (Å²) in [6.45, 7) is 4.31. The topological polar surface area (TPSA) is 85.3 Å². The van der Waals surface area contributed by atoms with Gasteiger partial charge in [0, 0.05) is 25.2 Å². The van der Waals surface area contributed by atoms with Gasteiger partial charge in [-0.1, -0.05) is 13.8 Å². The van der Waals surface area contributed by atoms with Gasteiger partial charge in [-0.15, -0.1) is 0 Å². The van der Waals surface area contributed by atoms with Gasteiger partial charge in [0.2, 0.25) is 0 Å². The van der Waals surface area contributed by atoms with E-state index < -0.39 is 11.4 Å². The second kappa shape index (κ2) is 7.21. The Labute approximate surface area is 147 Å². The molecule has 0 aliphatic carbocycles. The summed E-state index contributed by atoms with van der Waals surface area (Å²) in [5.41, 5.74) is -0.593. The van der Waals surface area contributed by atoms with Crippen molar-refractivity contribution in [2.24, 2.45) is 11.3 Å². The second-order valence-electron chi connectivity index (χ2n) is 6.50. The van der Waals surface area contributed by atoms with Crippen molar-refractivity contribution >= 4 is 11.9 Å². The summed E-state index contributed by atoms with van der Waals surface area (Å²) in [5, 5.41) is 9.66. The summed E-state index contributed by atoms with van der Waals surface area (Å²) >= 11 is 0. The molecule has 0 spiro atoms. The van der Waals surface area contributed by atoms with Crippen LogP contribution in [0.1, 0.15) is 30.6 Å². The van der Waals surface area contributed by atoms with Crippen molar-refractivity contribution in [3.8, 4) is 17.2 Å². The number of benzene rings is 1. The largest absolute Gasteiger partial charge is 0.496 e. The Bertz CT molecular complexity index is 672. The molecule has 1 aliphatic rings. The number of carbonyl (C=O) groups excluding carboxylic acids is 1. The summed E-state index contributed by atoms with van der Waals surface area (Å²) < 4.78 is 15.8. The predicted molar refractivity (Wildman–Crippen MR) is 91.5 cm³/mol. The van der Waals surface area contributed by atoms with Crippen molar-refractivity contribution in [2.45, 2.75) is 20.3 Å². The first-order chi connectivity index (χ1) is 11.8. The molecule has 2 rings (SSSR count). The highest BCUT2D eigenvalue weighted by molar-refractivity contribution is 5.98. The van der Waals surface area contributed by atoms with Crippen molar-refractivity contribution < 1.29 is 28.9 Å². The Kier molecular flexibility index (Phi) is 5.45. The van der Waals surface area contributed by atoms with Crippen LogP contribution in [0.5, 0.6) is 17.2 Å². The van der Waals surface area contributed by atoms with Crippen molar-refractivity contribution in [1.29, 1.82) is 0 Å². The van der Waals surface area contributed by atoms with E-state index >= 15 is 0 Å². The van der Waals surface area contributed by atoms with E-state index in [1.54, 1.807) is 17.0 Å². The number of ether oxygens (including phenoxy) is 3. The van der Waals surface area contributed by atoms with Crippen LogP contribution in [-0.4, -0.2) is 56.3 Å². The molecule has 1 amide bonds. The molecule has 1 aromatic rings. The maximum atomic E-state index is 13.0. The van der Waals surface area contributed by atoms with Gasteiger partial charge in [0.1, 0.15) is 5.75 Å². The molecular formula is C18H25NO6. The molecule has 0 bridgehead atoms. The number of amides is 1. The third-order valence-electron chi connectivity index (χ3n) is 5.06. The number of methoxy groups -OCH3 is 3. The van der Waals surface area contributed by atoms with E-state index in [9.17, 15) is 14.7 Å². The zero-order chi connectivity index (χ0) is 18.8. The lowest BCUT2D eigenvalue weighted by Crippen LogP contribution is -2.40. The predicted octanol–water partition coefficient (Wildman–Crippen LogP) is 2.29. The van der Waals surface area contributed by atoms with Crippen LogP contribution in [0, 0.1) is 11.3 Å². The Morgan fingerprint density at radius 2 is 1.64 bits per heavy atom. The van der Waals surface area contributed by atoms with E-state index in [1.807, 2.05) is 13.8 Å². The number of rotatable bonds is 6. The minimum Gasteiger partial charge on any atom is -0.496 e. The summed E-state index contributed by atoms with van der Waals surface area (Å²) in [6.07, 6.45) is 0.432. The number of carboxylic acid groups (broad SMARTS) is 1. The first-order valence-electron chi connectivity index (χ1n) is 8.13. The average Bonchev–Trinajstić information content (AvgIpc) is 3.06. The van der Waals surface area contributed by atoms with Gasteiger partial charge in [0.25, 0.3) is 5.91 Å². The lowest BCUT2D eigenvalue weighted by atomic mass is 9.76. The lowest BCUT2D eigenvalue weighted by Gasteiger charge is -2.28. The van der Waals surface area contributed by atoms with E-state index in [2.05, 4.69) is 0 Å². The van der Waals surface area contributed by atoms with Gasteiger partial charge in [-0.2, -0.15) is 0 Å². The molecule has 1 N–H and O–H groups in total. The summed E-state index contributed by atoms with van der Waals surface area (Å²) in [4.78, 5) is 26.3. The molecule has 25 heavy (non-hydrogen) atoms. The van der Waals surface area contributed by atoms with Crippen LogP contribution >= 0.6 is 0 Å². The van der Waals surface area contributed by atoms with Crippen LogP contribution in [0.15, 0.2) is 12.1 Å². The van der Waals surface area contributed by atoms with E-state index in [1.165, 1.54) is 21.3 Å². The molecule has 7 heteroatoms. The fourth-order valence-corrected chi connectivity index (χ4v) is 3.27. The van der Waals surface area contributed by atoms with Crippen molar-refractivity contribution in [3.05, 3.63) is 17.7 Å². The number of carbonyl (C=O) groups is 2. The molecule has 1 aliphatic heterocycles. The molecule has 0 saturated carbocycles. The molecule has 1 aromatic carbocycles. The smallest absolute Gasteiger partial charge is 0.311 e. The zero-order valence-corrected chi connectivity index (χ0v) is 15.3. The second-order valence-corrected chi connectivity index (χ2v) is 6.50. The SMILES string of the molecule is COc1cc(OC)c(C(=O)N2CCC(C(=O)O)(C(C)C)C2)cc1OC. The van der Waals surface area contributed by atoms with Crippen LogP contribution in [0.2, 0.25) is 0 Å². The number of hydrogen-bond donors (Lipinski definition) is 1. The van der Waals surface area contributed by atoms with E-state index in [-0.39, 0.29) is 18.4 Å². The van der Waals surface area contributed by atoms with Crippen LogP contribution in [0.25, 0.3) is 0 Å². The van der Waals surface area contributed by atoms with E-state index in [0.717, 1.165) is 0 Å².